The van der Waals surface area contributed by atoms with E-state index >= 15 is 0 Å². The van der Waals surface area contributed by atoms with Crippen molar-refractivity contribution in [1.29, 1.82) is 0 Å². The number of rotatable bonds is 1. The second-order valence-corrected chi connectivity index (χ2v) is 6.34. The van der Waals surface area contributed by atoms with E-state index in [9.17, 15) is 0 Å². The maximum absolute atomic E-state index is 8.37. The molecule has 0 saturated heterocycles. The summed E-state index contributed by atoms with van der Waals surface area (Å²) in [5.41, 5.74) is -2.66. The lowest BCUT2D eigenvalue weighted by molar-refractivity contribution is 0.544. The highest BCUT2D eigenvalue weighted by Gasteiger charge is 1.98. The Labute approximate surface area is 48.9 Å². The fraction of sp³-hybridized carbons (Fsp3) is 0. The van der Waals surface area contributed by atoms with Crippen LogP contribution in [0, 0.1) is 0 Å². The van der Waals surface area contributed by atoms with Crippen molar-refractivity contribution >= 4 is 39.2 Å². The molecule has 0 bridgehead atoms. The van der Waals surface area contributed by atoms with Gasteiger partial charge in [-0.05, 0) is 11.8 Å². The molecule has 0 rings (SSSR count). The summed E-state index contributed by atoms with van der Waals surface area (Å²) < 4.78 is 4.20. The first-order chi connectivity index (χ1) is 2.56. The van der Waals surface area contributed by atoms with E-state index in [1.54, 1.807) is 0 Å². The van der Waals surface area contributed by atoms with Gasteiger partial charge in [0.25, 0.3) is 0 Å². The number of hydrogen-bond acceptors (Lipinski definition) is 2. The van der Waals surface area contributed by atoms with Gasteiger partial charge < -0.3 is 9.20 Å². The van der Waals surface area contributed by atoms with Crippen molar-refractivity contribution in [3.63, 3.8) is 0 Å². The van der Waals surface area contributed by atoms with E-state index in [4.69, 9.17) is 4.89 Å². The molecule has 2 nitrogen and oxygen atoms in total. The first-order valence-corrected chi connectivity index (χ1v) is 5.30. The standard InChI is InChI=1S/H4O2P2S2/c1-4(5,6)2-3/h3H2,(H2,1,5,6). The third-order valence-corrected chi connectivity index (χ3v) is 2.86. The molecule has 2 unspecified atom stereocenters. The molecule has 0 aromatic heterocycles. The van der Waals surface area contributed by atoms with Gasteiger partial charge in [-0.25, -0.2) is 0 Å². The van der Waals surface area contributed by atoms with E-state index in [1.165, 1.54) is 0 Å². The smallest absolute Gasteiger partial charge is 0.244 e. The van der Waals surface area contributed by atoms with E-state index < -0.39 is 5.69 Å². The summed E-state index contributed by atoms with van der Waals surface area (Å²) in [7, 11) is 1.84. The molecule has 0 aromatic rings. The summed E-state index contributed by atoms with van der Waals surface area (Å²) >= 11 is 7.77. The van der Waals surface area contributed by atoms with Gasteiger partial charge in [0.05, 0.1) is 0 Å². The minimum absolute atomic E-state index is 1.84. The van der Waals surface area contributed by atoms with Crippen molar-refractivity contribution in [2.45, 2.75) is 0 Å². The zero-order valence-corrected chi connectivity index (χ0v) is 6.50. The average molecular weight is 162 g/mol. The lowest BCUT2D eigenvalue weighted by Gasteiger charge is -1.99. The van der Waals surface area contributed by atoms with Gasteiger partial charge >= 0.3 is 0 Å². The van der Waals surface area contributed by atoms with Crippen LogP contribution in [-0.4, -0.2) is 4.89 Å². The zero-order valence-electron chi connectivity index (χ0n) is 2.74. The minimum Gasteiger partial charge on any atom is -0.337 e. The van der Waals surface area contributed by atoms with Crippen molar-refractivity contribution in [2.24, 2.45) is 0 Å². The predicted molar refractivity (Wildman–Crippen MR) is 36.3 cm³/mol. The van der Waals surface area contributed by atoms with Gasteiger partial charge in [-0.15, -0.1) is 0 Å². The van der Waals surface area contributed by atoms with Crippen LogP contribution in [0.15, 0.2) is 0 Å². The van der Waals surface area contributed by atoms with Gasteiger partial charge in [0, 0.05) is 9.47 Å². The Morgan fingerprint density at radius 1 is 2.00 bits per heavy atom. The second-order valence-electron chi connectivity index (χ2n) is 0.596. The van der Waals surface area contributed by atoms with Crippen LogP contribution >= 0.6 is 27.4 Å². The van der Waals surface area contributed by atoms with Crippen molar-refractivity contribution in [2.75, 3.05) is 0 Å². The van der Waals surface area contributed by atoms with E-state index in [0.717, 1.165) is 0 Å². The van der Waals surface area contributed by atoms with Crippen LogP contribution in [0.2, 0.25) is 0 Å². The topological polar surface area (TPSA) is 29.5 Å². The Hall–Kier alpha value is 1.35. The van der Waals surface area contributed by atoms with E-state index in [1.807, 2.05) is 9.47 Å². The Morgan fingerprint density at radius 2 is 2.17 bits per heavy atom. The third-order valence-electron chi connectivity index (χ3n) is 0.137. The molecule has 38 valence electrons. The summed E-state index contributed by atoms with van der Waals surface area (Å²) in [6.45, 7) is 0. The van der Waals surface area contributed by atoms with Crippen LogP contribution in [-0.2, 0) is 16.1 Å². The van der Waals surface area contributed by atoms with Crippen molar-refractivity contribution < 1.29 is 9.20 Å². The van der Waals surface area contributed by atoms with Crippen LogP contribution in [0.5, 0.6) is 0 Å². The van der Waals surface area contributed by atoms with Gasteiger partial charge in [0.2, 0.25) is 5.69 Å². The highest BCUT2D eigenvalue weighted by atomic mass is 32.9. The van der Waals surface area contributed by atoms with Crippen LogP contribution in [0.4, 0.5) is 0 Å². The van der Waals surface area contributed by atoms with Crippen molar-refractivity contribution in [3.05, 3.63) is 0 Å². The average Bonchev–Trinajstić information content (AvgIpc) is 1.35. The fourth-order valence-corrected chi connectivity index (χ4v) is 0. The molecule has 0 fully saturated rings. The Balaban J connectivity index is 3.48. The number of thiol groups is 1. The fourth-order valence-electron chi connectivity index (χ4n) is 0. The molecule has 0 aromatic carbocycles. The van der Waals surface area contributed by atoms with E-state index in [2.05, 4.69) is 28.4 Å². The van der Waals surface area contributed by atoms with Crippen LogP contribution < -0.4 is 0 Å². The summed E-state index contributed by atoms with van der Waals surface area (Å²) in [5.74, 6) is 0. The molecule has 0 amide bonds. The molecule has 0 saturated carbocycles. The molecule has 1 N–H and O–H groups in total. The molecule has 0 heterocycles. The monoisotopic (exact) mass is 162 g/mol. The van der Waals surface area contributed by atoms with Crippen LogP contribution in [0.1, 0.15) is 0 Å². The lowest BCUT2D eigenvalue weighted by Crippen LogP contribution is -1.58. The Morgan fingerprint density at radius 3 is 2.17 bits per heavy atom. The maximum Gasteiger partial charge on any atom is 0.244 e. The molecule has 0 spiro atoms. The summed E-state index contributed by atoms with van der Waals surface area (Å²) in [6, 6.07) is 0. The van der Waals surface area contributed by atoms with Gasteiger partial charge in [0.15, 0.2) is 0 Å². The maximum atomic E-state index is 8.37. The second kappa shape index (κ2) is 2.61. The SMILES string of the molecule is OP(=S)(S)OP. The van der Waals surface area contributed by atoms with Gasteiger partial charge in [-0.1, -0.05) is 12.2 Å². The molecular weight excluding hydrogens is 158 g/mol. The van der Waals surface area contributed by atoms with Crippen LogP contribution in [0.3, 0.4) is 0 Å². The number of hydrogen-bond donors (Lipinski definition) is 2. The summed E-state index contributed by atoms with van der Waals surface area (Å²) in [6.07, 6.45) is 0. The first-order valence-electron chi connectivity index (χ1n) is 1.00. The van der Waals surface area contributed by atoms with Gasteiger partial charge in [-0.2, -0.15) is 0 Å². The normalized spacial score (nSPS) is 19.8. The molecule has 0 aliphatic rings. The van der Waals surface area contributed by atoms with E-state index in [0.29, 0.717) is 0 Å². The van der Waals surface area contributed by atoms with Crippen molar-refractivity contribution in [3.8, 4) is 0 Å². The predicted octanol–water partition coefficient (Wildman–Crippen LogP) is 0.940. The first kappa shape index (κ1) is 7.35. The summed E-state index contributed by atoms with van der Waals surface area (Å²) in [5, 5.41) is 0. The highest BCUT2D eigenvalue weighted by Crippen LogP contribution is 2.49. The largest absolute Gasteiger partial charge is 0.337 e. The van der Waals surface area contributed by atoms with Gasteiger partial charge in [-0.3, -0.25) is 0 Å². The highest BCUT2D eigenvalue weighted by molar-refractivity contribution is 8.60. The lowest BCUT2D eigenvalue weighted by atomic mass is 15.8. The zero-order chi connectivity index (χ0) is 5.21. The molecule has 0 radical (unpaired) electrons. The quantitative estimate of drug-likeness (QED) is 0.444. The Bertz CT molecular complexity index is 73.6. The molecule has 0 aliphatic carbocycles. The molecule has 6 heteroatoms. The third kappa shape index (κ3) is 5.35. The molecule has 6 heavy (non-hydrogen) atoms. The van der Waals surface area contributed by atoms with Crippen LogP contribution in [0.25, 0.3) is 0 Å². The summed E-state index contributed by atoms with van der Waals surface area (Å²) in [4.78, 5) is 8.37. The van der Waals surface area contributed by atoms with E-state index in [-0.39, 0.29) is 0 Å². The molecule has 0 aliphatic heterocycles. The Kier molecular flexibility index (Phi) is 3.19. The molecular formula is H4O2P2S2. The van der Waals surface area contributed by atoms with Crippen molar-refractivity contribution in [1.82, 2.24) is 0 Å². The minimum atomic E-state index is -2.66. The molecule has 2 atom stereocenters. The van der Waals surface area contributed by atoms with Gasteiger partial charge in [0.1, 0.15) is 0 Å².